The standard InChI is InChI=1S/C29H38N4O7S/c1-6-23-24(32-41(36,37)22-9-7-21(8-10-22)30-26(35)18-40-19(2)34)11-12-25-27(23)31-28(29(3,4)38-5)33(25)17-20-13-15-39-16-14-20/h7-12,20,32H,6,13-18H2,1-5H3,(H,30,35). The van der Waals surface area contributed by atoms with E-state index in [-0.39, 0.29) is 4.90 Å². The Balaban J connectivity index is 1.63. The van der Waals surface area contributed by atoms with Crippen LogP contribution in [0.5, 0.6) is 0 Å². The van der Waals surface area contributed by atoms with Crippen LogP contribution >= 0.6 is 0 Å². The number of nitrogens with zero attached hydrogens (tertiary/aromatic N) is 2. The van der Waals surface area contributed by atoms with E-state index in [1.54, 1.807) is 13.2 Å². The van der Waals surface area contributed by atoms with Crippen molar-refractivity contribution in [3.63, 3.8) is 0 Å². The third-order valence-corrected chi connectivity index (χ3v) is 8.69. The number of hydrogen-bond donors (Lipinski definition) is 2. The number of carbonyl (C=O) groups excluding carboxylic acids is 2. The molecule has 1 aliphatic heterocycles. The van der Waals surface area contributed by atoms with E-state index in [0.717, 1.165) is 55.0 Å². The van der Waals surface area contributed by atoms with Crippen LogP contribution in [0.1, 0.15) is 51.9 Å². The lowest BCUT2D eigenvalue weighted by Gasteiger charge is -2.27. The summed E-state index contributed by atoms with van der Waals surface area (Å²) in [5, 5.41) is 2.56. The molecule has 1 aliphatic rings. The van der Waals surface area contributed by atoms with Gasteiger partial charge in [0.05, 0.1) is 21.6 Å². The van der Waals surface area contributed by atoms with Crippen molar-refractivity contribution in [3.8, 4) is 0 Å². The zero-order chi connectivity index (χ0) is 29.8. The minimum atomic E-state index is -3.95. The van der Waals surface area contributed by atoms with Gasteiger partial charge in [-0.3, -0.25) is 14.3 Å². The second kappa shape index (κ2) is 12.6. The number of esters is 1. The summed E-state index contributed by atoms with van der Waals surface area (Å²) in [6.07, 6.45) is 2.50. The van der Waals surface area contributed by atoms with Crippen molar-refractivity contribution < 1.29 is 32.2 Å². The Morgan fingerprint density at radius 2 is 1.80 bits per heavy atom. The molecule has 3 aromatic rings. The Bertz CT molecular complexity index is 1510. The van der Waals surface area contributed by atoms with Gasteiger partial charge in [0.25, 0.3) is 15.9 Å². The van der Waals surface area contributed by atoms with E-state index in [0.29, 0.717) is 23.7 Å². The van der Waals surface area contributed by atoms with Crippen molar-refractivity contribution in [3.05, 3.63) is 47.8 Å². The fourth-order valence-electron chi connectivity index (χ4n) is 4.91. The second-order valence-corrected chi connectivity index (χ2v) is 12.3. The number of imidazole rings is 1. The summed E-state index contributed by atoms with van der Waals surface area (Å²) < 4.78 is 47.7. The first kappa shape index (κ1) is 30.5. The lowest BCUT2D eigenvalue weighted by molar-refractivity contribution is -0.144. The van der Waals surface area contributed by atoms with E-state index in [1.165, 1.54) is 31.2 Å². The van der Waals surface area contributed by atoms with Crippen molar-refractivity contribution in [1.29, 1.82) is 0 Å². The highest BCUT2D eigenvalue weighted by Crippen LogP contribution is 2.34. The molecule has 0 radical (unpaired) electrons. The van der Waals surface area contributed by atoms with Gasteiger partial charge in [-0.25, -0.2) is 13.4 Å². The van der Waals surface area contributed by atoms with Crippen LogP contribution in [0.3, 0.4) is 0 Å². The second-order valence-electron chi connectivity index (χ2n) is 10.6. The number of aryl methyl sites for hydroxylation is 1. The van der Waals surface area contributed by atoms with Gasteiger partial charge in [0.2, 0.25) is 0 Å². The number of methoxy groups -OCH3 is 1. The Kier molecular flexibility index (Phi) is 9.35. The Morgan fingerprint density at radius 1 is 1.12 bits per heavy atom. The van der Waals surface area contributed by atoms with Gasteiger partial charge in [-0.2, -0.15) is 0 Å². The molecule has 0 bridgehead atoms. The van der Waals surface area contributed by atoms with Crippen LogP contribution in [0.25, 0.3) is 11.0 Å². The van der Waals surface area contributed by atoms with Gasteiger partial charge in [0.1, 0.15) is 11.4 Å². The van der Waals surface area contributed by atoms with E-state index >= 15 is 0 Å². The van der Waals surface area contributed by atoms with Crippen LogP contribution in [0.2, 0.25) is 0 Å². The van der Waals surface area contributed by atoms with Crippen molar-refractivity contribution in [2.24, 2.45) is 5.92 Å². The van der Waals surface area contributed by atoms with Gasteiger partial charge < -0.3 is 24.1 Å². The maximum absolute atomic E-state index is 13.3. The molecule has 0 atom stereocenters. The molecule has 12 heteroatoms. The molecule has 41 heavy (non-hydrogen) atoms. The van der Waals surface area contributed by atoms with E-state index in [1.807, 2.05) is 26.8 Å². The minimum Gasteiger partial charge on any atom is -0.456 e. The monoisotopic (exact) mass is 586 g/mol. The van der Waals surface area contributed by atoms with Crippen LogP contribution in [0.4, 0.5) is 11.4 Å². The largest absolute Gasteiger partial charge is 0.456 e. The number of anilines is 2. The Labute approximate surface area is 240 Å². The maximum atomic E-state index is 13.3. The van der Waals surface area contributed by atoms with Gasteiger partial charge in [-0.15, -0.1) is 0 Å². The molecule has 4 rings (SSSR count). The van der Waals surface area contributed by atoms with E-state index in [9.17, 15) is 18.0 Å². The SMILES string of the molecule is CCc1c(NS(=O)(=O)c2ccc(NC(=O)COC(C)=O)cc2)ccc2c1nc(C(C)(C)OC)n2CC1CCOCC1. The summed E-state index contributed by atoms with van der Waals surface area (Å²) in [5.74, 6) is 0.150. The van der Waals surface area contributed by atoms with Gasteiger partial charge in [-0.05, 0) is 75.4 Å². The molecule has 222 valence electrons. The molecule has 0 unspecified atom stereocenters. The molecular weight excluding hydrogens is 548 g/mol. The maximum Gasteiger partial charge on any atom is 0.303 e. The smallest absolute Gasteiger partial charge is 0.303 e. The average Bonchev–Trinajstić information content (AvgIpc) is 3.31. The molecule has 1 saturated heterocycles. The third-order valence-electron chi connectivity index (χ3n) is 7.31. The van der Waals surface area contributed by atoms with E-state index in [4.69, 9.17) is 14.5 Å². The molecule has 1 amide bonds. The summed E-state index contributed by atoms with van der Waals surface area (Å²) in [6, 6.07) is 9.44. The van der Waals surface area contributed by atoms with Gasteiger partial charge in [0.15, 0.2) is 6.61 Å². The highest BCUT2D eigenvalue weighted by Gasteiger charge is 2.30. The normalized spacial score (nSPS) is 14.7. The lowest BCUT2D eigenvalue weighted by Crippen LogP contribution is -2.28. The Hall–Kier alpha value is -3.48. The van der Waals surface area contributed by atoms with Crippen molar-refractivity contribution in [2.45, 2.75) is 64.0 Å². The van der Waals surface area contributed by atoms with Gasteiger partial charge in [-0.1, -0.05) is 6.92 Å². The predicted molar refractivity (Wildman–Crippen MR) is 155 cm³/mol. The number of aromatic nitrogens is 2. The molecule has 0 aliphatic carbocycles. The van der Waals surface area contributed by atoms with Crippen LogP contribution in [-0.2, 0) is 52.4 Å². The van der Waals surface area contributed by atoms with Crippen LogP contribution in [0.15, 0.2) is 41.3 Å². The van der Waals surface area contributed by atoms with Crippen molar-refractivity contribution >= 4 is 44.3 Å². The number of amides is 1. The van der Waals surface area contributed by atoms with Crippen molar-refractivity contribution in [2.75, 3.05) is 37.0 Å². The molecule has 0 saturated carbocycles. The average molecular weight is 587 g/mol. The predicted octanol–water partition coefficient (Wildman–Crippen LogP) is 4.21. The molecule has 1 fully saturated rings. The summed E-state index contributed by atoms with van der Waals surface area (Å²) in [5.41, 5.74) is 2.65. The van der Waals surface area contributed by atoms with Crippen LogP contribution < -0.4 is 10.0 Å². The summed E-state index contributed by atoms with van der Waals surface area (Å²) >= 11 is 0. The highest BCUT2D eigenvalue weighted by atomic mass is 32.2. The minimum absolute atomic E-state index is 0.0314. The fourth-order valence-corrected chi connectivity index (χ4v) is 6.00. The molecule has 2 N–H and O–H groups in total. The zero-order valence-electron chi connectivity index (χ0n) is 24.2. The van der Waals surface area contributed by atoms with E-state index < -0.39 is 34.1 Å². The summed E-state index contributed by atoms with van der Waals surface area (Å²) in [6.45, 7) is 8.98. The molecular formula is C29H38N4O7S. The van der Waals surface area contributed by atoms with Crippen LogP contribution in [0, 0.1) is 5.92 Å². The highest BCUT2D eigenvalue weighted by molar-refractivity contribution is 7.92. The van der Waals surface area contributed by atoms with Crippen LogP contribution in [-0.4, -0.2) is 56.8 Å². The first-order valence-corrected chi connectivity index (χ1v) is 15.1. The number of fused-ring (bicyclic) bond motifs is 1. The quantitative estimate of drug-likeness (QED) is 0.319. The van der Waals surface area contributed by atoms with E-state index in [2.05, 4.69) is 19.3 Å². The number of nitrogens with one attached hydrogen (secondary N) is 2. The Morgan fingerprint density at radius 3 is 2.41 bits per heavy atom. The van der Waals surface area contributed by atoms with Gasteiger partial charge >= 0.3 is 5.97 Å². The number of rotatable bonds is 11. The first-order valence-electron chi connectivity index (χ1n) is 13.7. The van der Waals surface area contributed by atoms with Gasteiger partial charge in [0, 0.05) is 45.0 Å². The molecule has 1 aromatic heterocycles. The number of benzene rings is 2. The number of hydrogen-bond acceptors (Lipinski definition) is 8. The zero-order valence-corrected chi connectivity index (χ0v) is 25.0. The third kappa shape index (κ3) is 7.06. The summed E-state index contributed by atoms with van der Waals surface area (Å²) in [4.78, 5) is 27.8. The molecule has 0 spiro atoms. The lowest BCUT2D eigenvalue weighted by atomic mass is 9.99. The van der Waals surface area contributed by atoms with Crippen molar-refractivity contribution in [1.82, 2.24) is 9.55 Å². The topological polar surface area (TPSA) is 138 Å². The first-order chi connectivity index (χ1) is 19.4. The number of carbonyl (C=O) groups is 2. The molecule has 11 nitrogen and oxygen atoms in total. The molecule has 2 heterocycles. The fraction of sp³-hybridized carbons (Fsp3) is 0.483. The number of sulfonamides is 1. The molecule has 2 aromatic carbocycles. The summed E-state index contributed by atoms with van der Waals surface area (Å²) in [7, 11) is -2.28. The number of ether oxygens (including phenoxy) is 3.